The molecule has 162 valence electrons. The molecule has 2 saturated heterocycles. The van der Waals surface area contributed by atoms with Crippen molar-refractivity contribution in [3.05, 3.63) is 30.3 Å². The lowest BCUT2D eigenvalue weighted by atomic mass is 9.98. The van der Waals surface area contributed by atoms with Crippen LogP contribution in [-0.2, 0) is 14.8 Å². The van der Waals surface area contributed by atoms with Crippen LogP contribution in [-0.4, -0.2) is 62.3 Å². The molecule has 1 aromatic rings. The number of nitrogens with one attached hydrogen (secondary N) is 1. The second-order valence-electron chi connectivity index (χ2n) is 8.25. The Morgan fingerprint density at radius 3 is 2.66 bits per heavy atom. The van der Waals surface area contributed by atoms with Gasteiger partial charge in [0, 0.05) is 32.2 Å². The number of rotatable bonds is 8. The summed E-state index contributed by atoms with van der Waals surface area (Å²) in [7, 11) is -3.53. The van der Waals surface area contributed by atoms with Gasteiger partial charge in [-0.2, -0.15) is 4.31 Å². The lowest BCUT2D eigenvalue weighted by molar-refractivity contribution is -0.126. The van der Waals surface area contributed by atoms with E-state index < -0.39 is 10.0 Å². The first kappa shape index (κ1) is 22.2. The average Bonchev–Trinajstić information content (AvgIpc) is 2.77. The van der Waals surface area contributed by atoms with Gasteiger partial charge in [0.25, 0.3) is 0 Å². The number of piperidine rings is 2. The summed E-state index contributed by atoms with van der Waals surface area (Å²) in [5.74, 6) is -0.274. The van der Waals surface area contributed by atoms with Gasteiger partial charge in [-0.3, -0.25) is 4.79 Å². The number of carbonyl (C=O) groups excluding carboxylic acids is 1. The number of hydrogen-bond acceptors (Lipinski definition) is 4. The molecule has 0 unspecified atom stereocenters. The topological polar surface area (TPSA) is 69.7 Å². The lowest BCUT2D eigenvalue weighted by Gasteiger charge is -2.35. The van der Waals surface area contributed by atoms with Crippen LogP contribution in [0.25, 0.3) is 0 Å². The highest BCUT2D eigenvalue weighted by molar-refractivity contribution is 7.89. The normalized spacial score (nSPS) is 24.3. The molecule has 1 amide bonds. The Labute approximate surface area is 175 Å². The van der Waals surface area contributed by atoms with Crippen LogP contribution in [0.2, 0.25) is 0 Å². The Morgan fingerprint density at radius 1 is 1.10 bits per heavy atom. The van der Waals surface area contributed by atoms with Gasteiger partial charge in [-0.15, -0.1) is 0 Å². The number of hydrogen-bond donors (Lipinski definition) is 1. The third kappa shape index (κ3) is 5.80. The number of nitrogens with zero attached hydrogens (tertiary/aromatic N) is 2. The van der Waals surface area contributed by atoms with Crippen LogP contribution in [0.1, 0.15) is 51.9 Å². The van der Waals surface area contributed by atoms with Crippen LogP contribution in [0.3, 0.4) is 0 Å². The number of carbonyl (C=O) groups is 1. The first-order valence-electron chi connectivity index (χ1n) is 11.1. The minimum atomic E-state index is -3.53. The molecule has 29 heavy (non-hydrogen) atoms. The molecule has 2 aliphatic rings. The maximum absolute atomic E-state index is 12.8. The molecule has 2 aliphatic heterocycles. The minimum absolute atomic E-state index is 0.0105. The van der Waals surface area contributed by atoms with Crippen molar-refractivity contribution in [3.8, 4) is 0 Å². The predicted octanol–water partition coefficient (Wildman–Crippen LogP) is 2.86. The molecule has 0 spiro atoms. The van der Waals surface area contributed by atoms with Crippen molar-refractivity contribution in [2.75, 3.05) is 32.7 Å². The lowest BCUT2D eigenvalue weighted by Crippen LogP contribution is -2.46. The van der Waals surface area contributed by atoms with E-state index in [1.54, 1.807) is 30.3 Å². The maximum atomic E-state index is 12.8. The molecule has 0 aromatic heterocycles. The van der Waals surface area contributed by atoms with E-state index in [1.165, 1.54) is 36.5 Å². The molecule has 3 rings (SSSR count). The smallest absolute Gasteiger partial charge is 0.243 e. The molecule has 0 bridgehead atoms. The molecule has 2 heterocycles. The van der Waals surface area contributed by atoms with Crippen molar-refractivity contribution in [3.63, 3.8) is 0 Å². The van der Waals surface area contributed by atoms with E-state index in [0.717, 1.165) is 25.8 Å². The van der Waals surface area contributed by atoms with Crippen LogP contribution in [0.15, 0.2) is 35.2 Å². The van der Waals surface area contributed by atoms with Gasteiger partial charge < -0.3 is 10.2 Å². The highest BCUT2D eigenvalue weighted by atomic mass is 32.2. The van der Waals surface area contributed by atoms with Crippen LogP contribution in [0.5, 0.6) is 0 Å². The summed E-state index contributed by atoms with van der Waals surface area (Å²) in [6.45, 7) is 5.86. The quantitative estimate of drug-likeness (QED) is 0.656. The number of likely N-dealkylation sites (tertiary alicyclic amines) is 1. The molecule has 0 radical (unpaired) electrons. The summed E-state index contributed by atoms with van der Waals surface area (Å²) in [5, 5.41) is 3.05. The number of benzene rings is 1. The maximum Gasteiger partial charge on any atom is 0.243 e. The number of amides is 1. The van der Waals surface area contributed by atoms with Gasteiger partial charge in [-0.1, -0.05) is 31.5 Å². The third-order valence-electron chi connectivity index (χ3n) is 6.28. The molecule has 0 saturated carbocycles. The SMILES string of the molecule is CC[C@H]1CCCCN1CCCNC(=O)[C@H]1CCCN(S(=O)(=O)c2ccccc2)C1. The van der Waals surface area contributed by atoms with E-state index in [2.05, 4.69) is 17.1 Å². The molecule has 2 atom stereocenters. The van der Waals surface area contributed by atoms with E-state index >= 15 is 0 Å². The van der Waals surface area contributed by atoms with Crippen molar-refractivity contribution in [1.29, 1.82) is 0 Å². The molecule has 1 N–H and O–H groups in total. The molecular weight excluding hydrogens is 386 g/mol. The van der Waals surface area contributed by atoms with Gasteiger partial charge in [0.15, 0.2) is 0 Å². The summed E-state index contributed by atoms with van der Waals surface area (Å²) >= 11 is 0. The van der Waals surface area contributed by atoms with E-state index in [9.17, 15) is 13.2 Å². The van der Waals surface area contributed by atoms with Gasteiger partial charge >= 0.3 is 0 Å². The monoisotopic (exact) mass is 421 g/mol. The zero-order valence-electron chi connectivity index (χ0n) is 17.6. The summed E-state index contributed by atoms with van der Waals surface area (Å²) in [6.07, 6.45) is 7.50. The molecule has 0 aliphatic carbocycles. The third-order valence-corrected chi connectivity index (χ3v) is 8.16. The highest BCUT2D eigenvalue weighted by Gasteiger charge is 2.33. The van der Waals surface area contributed by atoms with Crippen molar-refractivity contribution in [2.45, 2.75) is 62.8 Å². The summed E-state index contributed by atoms with van der Waals surface area (Å²) in [4.78, 5) is 15.5. The fraction of sp³-hybridized carbons (Fsp3) is 0.682. The largest absolute Gasteiger partial charge is 0.356 e. The average molecular weight is 422 g/mol. The van der Waals surface area contributed by atoms with Crippen LogP contribution < -0.4 is 5.32 Å². The summed E-state index contributed by atoms with van der Waals surface area (Å²) < 4.78 is 27.1. The molecule has 2 fully saturated rings. The van der Waals surface area contributed by atoms with Crippen LogP contribution >= 0.6 is 0 Å². The van der Waals surface area contributed by atoms with E-state index in [-0.39, 0.29) is 18.4 Å². The van der Waals surface area contributed by atoms with E-state index in [0.29, 0.717) is 24.0 Å². The first-order chi connectivity index (χ1) is 14.0. The minimum Gasteiger partial charge on any atom is -0.356 e. The van der Waals surface area contributed by atoms with Gasteiger partial charge in [0.2, 0.25) is 15.9 Å². The van der Waals surface area contributed by atoms with Crippen molar-refractivity contribution in [1.82, 2.24) is 14.5 Å². The van der Waals surface area contributed by atoms with E-state index in [4.69, 9.17) is 0 Å². The Morgan fingerprint density at radius 2 is 1.90 bits per heavy atom. The molecule has 7 heteroatoms. The highest BCUT2D eigenvalue weighted by Crippen LogP contribution is 2.24. The van der Waals surface area contributed by atoms with Crippen LogP contribution in [0, 0.1) is 5.92 Å². The van der Waals surface area contributed by atoms with Crippen molar-refractivity contribution < 1.29 is 13.2 Å². The number of sulfonamides is 1. The van der Waals surface area contributed by atoms with Crippen LogP contribution in [0.4, 0.5) is 0 Å². The summed E-state index contributed by atoms with van der Waals surface area (Å²) in [6, 6.07) is 9.18. The fourth-order valence-corrected chi connectivity index (χ4v) is 6.12. The second-order valence-corrected chi connectivity index (χ2v) is 10.2. The van der Waals surface area contributed by atoms with Crippen molar-refractivity contribution in [2.24, 2.45) is 5.92 Å². The van der Waals surface area contributed by atoms with Gasteiger partial charge in [-0.25, -0.2) is 8.42 Å². The van der Waals surface area contributed by atoms with Crippen molar-refractivity contribution >= 4 is 15.9 Å². The zero-order valence-corrected chi connectivity index (χ0v) is 18.4. The second kappa shape index (κ2) is 10.5. The first-order valence-corrected chi connectivity index (χ1v) is 12.5. The molecule has 6 nitrogen and oxygen atoms in total. The van der Waals surface area contributed by atoms with E-state index in [1.807, 2.05) is 0 Å². The fourth-order valence-electron chi connectivity index (χ4n) is 4.57. The Hall–Kier alpha value is -1.44. The standard InChI is InChI=1S/C22H35N3O3S/c1-2-20-11-6-7-15-24(20)16-9-14-23-22(26)19-10-8-17-25(18-19)29(27,28)21-12-4-3-5-13-21/h3-5,12-13,19-20H,2,6-11,14-18H2,1H3,(H,23,26)/t19-,20-/m0/s1. The Balaban J connectivity index is 1.46. The Kier molecular flexibility index (Phi) is 8.09. The van der Waals surface area contributed by atoms with Gasteiger partial charge in [-0.05, 0) is 57.2 Å². The Bertz CT molecular complexity index is 754. The van der Waals surface area contributed by atoms with Gasteiger partial charge in [0.05, 0.1) is 10.8 Å². The van der Waals surface area contributed by atoms with Gasteiger partial charge in [0.1, 0.15) is 0 Å². The molecular formula is C22H35N3O3S. The predicted molar refractivity (Wildman–Crippen MR) is 115 cm³/mol. The zero-order chi connectivity index (χ0) is 20.7. The molecule has 1 aromatic carbocycles. The summed E-state index contributed by atoms with van der Waals surface area (Å²) in [5.41, 5.74) is 0.